The number of furan rings is 1. The lowest BCUT2D eigenvalue weighted by Crippen LogP contribution is -2.37. The third-order valence-electron chi connectivity index (χ3n) is 5.03. The van der Waals surface area contributed by atoms with Crippen LogP contribution in [0.1, 0.15) is 19.1 Å². The normalized spacial score (nSPS) is 10.7. The molecular weight excluding hydrogens is 440 g/mol. The maximum Gasteiger partial charge on any atom is 0.246 e. The first-order chi connectivity index (χ1) is 16.0. The zero-order valence-electron chi connectivity index (χ0n) is 18.1. The molecule has 2 amide bonds. The summed E-state index contributed by atoms with van der Waals surface area (Å²) in [4.78, 5) is 31.5. The maximum absolute atomic E-state index is 13.0. The Hall–Kier alpha value is -3.84. The molecule has 0 unspecified atom stereocenters. The largest absolute Gasteiger partial charge is 0.467 e. The number of imidazole rings is 1. The van der Waals surface area contributed by atoms with Crippen molar-refractivity contribution in [3.63, 3.8) is 0 Å². The van der Waals surface area contributed by atoms with Gasteiger partial charge in [-0.1, -0.05) is 54.9 Å². The second-order valence-electron chi connectivity index (χ2n) is 7.40. The van der Waals surface area contributed by atoms with E-state index in [9.17, 15) is 9.59 Å². The molecule has 8 heteroatoms. The van der Waals surface area contributed by atoms with Crippen LogP contribution in [0.15, 0.2) is 83.6 Å². The molecule has 0 fully saturated rings. The number of nitrogens with one attached hydrogen (secondary N) is 1. The number of hydrogen-bond donors (Lipinski definition) is 1. The maximum atomic E-state index is 13.0. The Morgan fingerprint density at radius 1 is 1.09 bits per heavy atom. The summed E-state index contributed by atoms with van der Waals surface area (Å²) >= 11 is 6.19. The van der Waals surface area contributed by atoms with Crippen molar-refractivity contribution in [3.05, 3.63) is 90.0 Å². The monoisotopic (exact) mass is 462 g/mol. The van der Waals surface area contributed by atoms with E-state index >= 15 is 0 Å². The second kappa shape index (κ2) is 10.2. The Kier molecular flexibility index (Phi) is 6.90. The Labute approximate surface area is 196 Å². The van der Waals surface area contributed by atoms with Crippen LogP contribution in [0.3, 0.4) is 0 Å². The molecule has 1 N–H and O–H groups in total. The molecule has 168 valence electrons. The molecule has 33 heavy (non-hydrogen) atoms. The molecule has 0 aliphatic rings. The quantitative estimate of drug-likeness (QED) is 0.392. The van der Waals surface area contributed by atoms with Gasteiger partial charge >= 0.3 is 0 Å². The van der Waals surface area contributed by atoms with Gasteiger partial charge in [0.1, 0.15) is 12.3 Å². The summed E-state index contributed by atoms with van der Waals surface area (Å²) in [6.07, 6.45) is 3.66. The van der Waals surface area contributed by atoms with Crippen LogP contribution in [0.25, 0.3) is 16.9 Å². The first-order valence-corrected chi connectivity index (χ1v) is 10.9. The number of amides is 2. The van der Waals surface area contributed by atoms with Crippen LogP contribution in [0.2, 0.25) is 5.02 Å². The average Bonchev–Trinajstić information content (AvgIpc) is 3.49. The number of carbonyl (C=O) groups excluding carboxylic acids is 2. The zero-order valence-corrected chi connectivity index (χ0v) is 18.8. The molecule has 2 heterocycles. The van der Waals surface area contributed by atoms with Crippen LogP contribution < -0.4 is 5.32 Å². The number of hydrogen-bond acceptors (Lipinski definition) is 4. The number of nitrogens with zero attached hydrogens (tertiary/aromatic N) is 3. The van der Waals surface area contributed by atoms with Gasteiger partial charge in [-0.05, 0) is 30.3 Å². The summed E-state index contributed by atoms with van der Waals surface area (Å²) < 4.78 is 7.11. The SMILES string of the molecule is CCC(=O)N(CC(=O)Nc1nc(-c2ccccc2)cn1-c1cccc(Cl)c1)Cc1ccco1. The number of halogens is 1. The molecule has 7 nitrogen and oxygen atoms in total. The van der Waals surface area contributed by atoms with E-state index in [-0.39, 0.29) is 31.3 Å². The van der Waals surface area contributed by atoms with E-state index in [0.29, 0.717) is 22.4 Å². The summed E-state index contributed by atoms with van der Waals surface area (Å²) in [7, 11) is 0. The fraction of sp³-hybridized carbons (Fsp3) is 0.160. The molecule has 4 aromatic rings. The number of carbonyl (C=O) groups is 2. The molecule has 0 aliphatic carbocycles. The molecule has 0 aliphatic heterocycles. The Bertz CT molecular complexity index is 1240. The van der Waals surface area contributed by atoms with Crippen molar-refractivity contribution in [2.45, 2.75) is 19.9 Å². The number of anilines is 1. The molecule has 0 atom stereocenters. The van der Waals surface area contributed by atoms with Crippen molar-refractivity contribution in [1.29, 1.82) is 0 Å². The van der Waals surface area contributed by atoms with Crippen molar-refractivity contribution < 1.29 is 14.0 Å². The van der Waals surface area contributed by atoms with E-state index in [1.54, 1.807) is 35.8 Å². The highest BCUT2D eigenvalue weighted by molar-refractivity contribution is 6.30. The molecule has 0 spiro atoms. The van der Waals surface area contributed by atoms with Crippen LogP contribution in [-0.4, -0.2) is 32.8 Å². The van der Waals surface area contributed by atoms with Gasteiger partial charge in [0.15, 0.2) is 0 Å². The third kappa shape index (κ3) is 5.51. The van der Waals surface area contributed by atoms with Gasteiger partial charge in [-0.25, -0.2) is 4.98 Å². The second-order valence-corrected chi connectivity index (χ2v) is 7.83. The summed E-state index contributed by atoms with van der Waals surface area (Å²) in [5.74, 6) is 0.431. The fourth-order valence-corrected chi connectivity index (χ4v) is 3.61. The zero-order chi connectivity index (χ0) is 23.2. The molecule has 2 aromatic heterocycles. The predicted molar refractivity (Wildman–Crippen MR) is 127 cm³/mol. The van der Waals surface area contributed by atoms with Crippen LogP contribution in [0, 0.1) is 0 Å². The number of rotatable bonds is 8. The van der Waals surface area contributed by atoms with Gasteiger partial charge in [-0.3, -0.25) is 19.5 Å². The first-order valence-electron chi connectivity index (χ1n) is 10.5. The highest BCUT2D eigenvalue weighted by atomic mass is 35.5. The Morgan fingerprint density at radius 2 is 1.91 bits per heavy atom. The molecule has 4 rings (SSSR count). The van der Waals surface area contributed by atoms with Crippen LogP contribution >= 0.6 is 11.6 Å². The molecule has 0 radical (unpaired) electrons. The van der Waals surface area contributed by atoms with Crippen molar-refractivity contribution in [2.24, 2.45) is 0 Å². The first kappa shape index (κ1) is 22.4. The molecule has 2 aromatic carbocycles. The highest BCUT2D eigenvalue weighted by Gasteiger charge is 2.20. The van der Waals surface area contributed by atoms with Gasteiger partial charge in [-0.2, -0.15) is 0 Å². The average molecular weight is 463 g/mol. The van der Waals surface area contributed by atoms with Gasteiger partial charge in [-0.15, -0.1) is 0 Å². The molecular formula is C25H23ClN4O3. The molecule has 0 bridgehead atoms. The van der Waals surface area contributed by atoms with Crippen molar-refractivity contribution in [3.8, 4) is 16.9 Å². The van der Waals surface area contributed by atoms with E-state index in [2.05, 4.69) is 10.3 Å². The molecule has 0 saturated heterocycles. The Morgan fingerprint density at radius 3 is 2.61 bits per heavy atom. The lowest BCUT2D eigenvalue weighted by atomic mass is 10.2. The topological polar surface area (TPSA) is 80.4 Å². The summed E-state index contributed by atoms with van der Waals surface area (Å²) in [6.45, 7) is 1.84. The smallest absolute Gasteiger partial charge is 0.246 e. The van der Waals surface area contributed by atoms with Crippen LogP contribution in [0.4, 0.5) is 5.95 Å². The van der Waals surface area contributed by atoms with Gasteiger partial charge in [0.25, 0.3) is 0 Å². The minimum absolute atomic E-state index is 0.129. The minimum Gasteiger partial charge on any atom is -0.467 e. The summed E-state index contributed by atoms with van der Waals surface area (Å²) in [6, 6.07) is 20.5. The van der Waals surface area contributed by atoms with Gasteiger partial charge in [0.2, 0.25) is 17.8 Å². The van der Waals surface area contributed by atoms with Gasteiger partial charge < -0.3 is 9.32 Å². The third-order valence-corrected chi connectivity index (χ3v) is 5.26. The lowest BCUT2D eigenvalue weighted by Gasteiger charge is -2.20. The minimum atomic E-state index is -0.364. The van der Waals surface area contributed by atoms with Gasteiger partial charge in [0.05, 0.1) is 18.5 Å². The number of aromatic nitrogens is 2. The van der Waals surface area contributed by atoms with Crippen LogP contribution in [0.5, 0.6) is 0 Å². The highest BCUT2D eigenvalue weighted by Crippen LogP contribution is 2.25. The van der Waals surface area contributed by atoms with E-state index < -0.39 is 0 Å². The Balaban J connectivity index is 1.61. The lowest BCUT2D eigenvalue weighted by molar-refractivity contribution is -0.135. The van der Waals surface area contributed by atoms with Crippen molar-refractivity contribution in [1.82, 2.24) is 14.5 Å². The molecule has 0 saturated carbocycles. The van der Waals surface area contributed by atoms with E-state index in [4.69, 9.17) is 16.0 Å². The number of benzene rings is 2. The van der Waals surface area contributed by atoms with Gasteiger partial charge in [0, 0.05) is 28.9 Å². The van der Waals surface area contributed by atoms with E-state index in [0.717, 1.165) is 11.3 Å². The summed E-state index contributed by atoms with van der Waals surface area (Å²) in [5, 5.41) is 3.42. The predicted octanol–water partition coefficient (Wildman–Crippen LogP) is 5.16. The van der Waals surface area contributed by atoms with Crippen molar-refractivity contribution in [2.75, 3.05) is 11.9 Å². The standard InChI is InChI=1S/C25H23ClN4O3/c1-2-24(32)29(15-21-12-7-13-33-21)17-23(31)28-25-27-22(18-8-4-3-5-9-18)16-30(25)20-11-6-10-19(26)14-20/h3-14,16H,2,15,17H2,1H3,(H,27,28,31). The fourth-order valence-electron chi connectivity index (χ4n) is 3.42. The van der Waals surface area contributed by atoms with Crippen molar-refractivity contribution >= 4 is 29.4 Å². The van der Waals surface area contributed by atoms with Crippen LogP contribution in [-0.2, 0) is 16.1 Å². The summed E-state index contributed by atoms with van der Waals surface area (Å²) in [5.41, 5.74) is 2.36. The van der Waals surface area contributed by atoms with E-state index in [1.165, 1.54) is 11.2 Å². The van der Waals surface area contributed by atoms with E-state index in [1.807, 2.05) is 48.7 Å².